The molecule has 3 aromatic carbocycles. The highest BCUT2D eigenvalue weighted by molar-refractivity contribution is 7.80. The Balaban J connectivity index is 1.62. The summed E-state index contributed by atoms with van der Waals surface area (Å²) >= 11 is 5.77. The number of amides is 1. The van der Waals surface area contributed by atoms with E-state index >= 15 is 0 Å². The molecule has 1 fully saturated rings. The van der Waals surface area contributed by atoms with E-state index in [0.29, 0.717) is 5.11 Å². The number of aryl methyl sites for hydroxylation is 1. The molecule has 2 aliphatic rings. The van der Waals surface area contributed by atoms with Gasteiger partial charge < -0.3 is 15.4 Å². The van der Waals surface area contributed by atoms with Gasteiger partial charge in [-0.25, -0.2) is 0 Å². The molecule has 0 aliphatic carbocycles. The molecule has 1 amide bonds. The number of hydrogen-bond acceptors (Lipinski definition) is 3. The number of anilines is 2. The summed E-state index contributed by atoms with van der Waals surface area (Å²) in [6.45, 7) is 3.98. The molecule has 0 aromatic heterocycles. The molecule has 2 bridgehead atoms. The summed E-state index contributed by atoms with van der Waals surface area (Å²) in [5, 5.41) is 7.03. The van der Waals surface area contributed by atoms with Crippen LogP contribution in [0.1, 0.15) is 24.1 Å². The van der Waals surface area contributed by atoms with Crippen molar-refractivity contribution in [2.75, 3.05) is 10.2 Å². The van der Waals surface area contributed by atoms with Crippen molar-refractivity contribution < 1.29 is 9.53 Å². The first-order valence-corrected chi connectivity index (χ1v) is 10.7. The fourth-order valence-corrected chi connectivity index (χ4v) is 4.97. The molecule has 0 saturated carbocycles. The quantitative estimate of drug-likeness (QED) is 0.586. The van der Waals surface area contributed by atoms with Crippen molar-refractivity contribution >= 4 is 34.6 Å². The highest BCUT2D eigenvalue weighted by atomic mass is 32.1. The summed E-state index contributed by atoms with van der Waals surface area (Å²) < 4.78 is 6.57. The van der Waals surface area contributed by atoms with Crippen LogP contribution in [0.25, 0.3) is 0 Å². The second-order valence-electron chi connectivity index (χ2n) is 8.13. The van der Waals surface area contributed by atoms with Gasteiger partial charge in [0.05, 0.1) is 6.04 Å². The minimum absolute atomic E-state index is 0.125. The molecule has 0 spiro atoms. The zero-order valence-corrected chi connectivity index (χ0v) is 18.1. The smallest absolute Gasteiger partial charge is 0.236 e. The van der Waals surface area contributed by atoms with Crippen LogP contribution in [0.15, 0.2) is 78.9 Å². The molecular weight excluding hydrogens is 406 g/mol. The minimum Gasteiger partial charge on any atom is -0.467 e. The average Bonchev–Trinajstić information content (AvgIpc) is 2.75. The monoisotopic (exact) mass is 429 g/mol. The van der Waals surface area contributed by atoms with Crippen molar-refractivity contribution in [1.82, 2.24) is 5.32 Å². The first-order valence-electron chi connectivity index (χ1n) is 10.3. The van der Waals surface area contributed by atoms with Gasteiger partial charge in [-0.05, 0) is 56.4 Å². The van der Waals surface area contributed by atoms with Crippen molar-refractivity contribution in [3.63, 3.8) is 0 Å². The average molecular weight is 430 g/mol. The van der Waals surface area contributed by atoms with Crippen LogP contribution in [0.2, 0.25) is 0 Å². The van der Waals surface area contributed by atoms with Crippen molar-refractivity contribution in [3.05, 3.63) is 90.0 Å². The molecule has 156 valence electrons. The molecule has 5 nitrogen and oxygen atoms in total. The second-order valence-corrected chi connectivity index (χ2v) is 8.51. The first-order chi connectivity index (χ1) is 15.0. The van der Waals surface area contributed by atoms with Gasteiger partial charge in [-0.2, -0.15) is 0 Å². The predicted molar refractivity (Wildman–Crippen MR) is 126 cm³/mol. The van der Waals surface area contributed by atoms with Crippen LogP contribution in [0, 0.1) is 12.8 Å². The molecule has 3 atom stereocenters. The number of benzene rings is 3. The van der Waals surface area contributed by atoms with Gasteiger partial charge in [-0.1, -0.05) is 54.1 Å². The summed E-state index contributed by atoms with van der Waals surface area (Å²) in [4.78, 5) is 15.6. The number of rotatable bonds is 3. The van der Waals surface area contributed by atoms with Crippen LogP contribution < -0.4 is 20.3 Å². The zero-order valence-electron chi connectivity index (χ0n) is 17.3. The van der Waals surface area contributed by atoms with Crippen LogP contribution in [0.4, 0.5) is 11.4 Å². The Labute approximate surface area is 187 Å². The van der Waals surface area contributed by atoms with E-state index < -0.39 is 11.6 Å². The van der Waals surface area contributed by atoms with Crippen LogP contribution >= 0.6 is 12.2 Å². The summed E-state index contributed by atoms with van der Waals surface area (Å²) in [5.41, 5.74) is 2.70. The molecule has 1 saturated heterocycles. The number of fused-ring (bicyclic) bond motifs is 4. The second kappa shape index (κ2) is 7.39. The molecular formula is C25H23N3O2S. The molecule has 0 unspecified atom stereocenters. The lowest BCUT2D eigenvalue weighted by molar-refractivity contribution is -0.130. The maximum absolute atomic E-state index is 13.6. The molecule has 31 heavy (non-hydrogen) atoms. The largest absolute Gasteiger partial charge is 0.467 e. The normalized spacial score (nSPS) is 23.9. The van der Waals surface area contributed by atoms with Gasteiger partial charge in [0.25, 0.3) is 0 Å². The number of nitrogens with one attached hydrogen (secondary N) is 2. The lowest BCUT2D eigenvalue weighted by Crippen LogP contribution is -2.72. The first kappa shape index (κ1) is 19.6. The maximum Gasteiger partial charge on any atom is 0.236 e. The van der Waals surface area contributed by atoms with E-state index in [1.54, 1.807) is 0 Å². The van der Waals surface area contributed by atoms with Gasteiger partial charge in [-0.15, -0.1) is 0 Å². The van der Waals surface area contributed by atoms with Gasteiger partial charge in [-0.3, -0.25) is 9.69 Å². The number of nitrogens with zero attached hydrogens (tertiary/aromatic N) is 1. The van der Waals surface area contributed by atoms with Gasteiger partial charge in [0, 0.05) is 16.9 Å². The lowest BCUT2D eigenvalue weighted by atomic mass is 9.78. The van der Waals surface area contributed by atoms with Gasteiger partial charge in [0.1, 0.15) is 11.7 Å². The van der Waals surface area contributed by atoms with E-state index in [9.17, 15) is 4.79 Å². The maximum atomic E-state index is 13.6. The summed E-state index contributed by atoms with van der Waals surface area (Å²) in [6.07, 6.45) is 0. The third-order valence-corrected chi connectivity index (χ3v) is 6.32. The topological polar surface area (TPSA) is 53.6 Å². The molecule has 2 aliphatic heterocycles. The molecule has 3 aromatic rings. The van der Waals surface area contributed by atoms with E-state index in [4.69, 9.17) is 17.0 Å². The Hall–Kier alpha value is -3.38. The fraction of sp³-hybridized carbons (Fsp3) is 0.200. The summed E-state index contributed by atoms with van der Waals surface area (Å²) in [6, 6.07) is 25.1. The molecule has 2 N–H and O–H groups in total. The molecule has 5 rings (SSSR count). The fourth-order valence-electron chi connectivity index (χ4n) is 4.55. The summed E-state index contributed by atoms with van der Waals surface area (Å²) in [7, 11) is 0. The number of carbonyl (C=O) groups is 1. The Morgan fingerprint density at radius 1 is 1.03 bits per heavy atom. The number of hydrogen-bond donors (Lipinski definition) is 2. The SMILES string of the molecule is Cc1ccc(N2C(=S)N[C@H]3c4ccccc4O[C@@]2(C)[C@@H]3C(=O)Nc2ccccc2)cc1. The van der Waals surface area contributed by atoms with E-state index in [-0.39, 0.29) is 11.9 Å². The molecule has 6 heteroatoms. The number of carbonyl (C=O) groups excluding carboxylic acids is 1. The minimum atomic E-state index is -1.00. The van der Waals surface area contributed by atoms with E-state index in [1.165, 1.54) is 0 Å². The Bertz CT molecular complexity index is 1150. The Kier molecular flexibility index (Phi) is 4.67. The predicted octanol–water partition coefficient (Wildman–Crippen LogP) is 4.79. The third kappa shape index (κ3) is 3.24. The van der Waals surface area contributed by atoms with Crippen molar-refractivity contribution in [2.45, 2.75) is 25.6 Å². The van der Waals surface area contributed by atoms with Gasteiger partial charge in [0.15, 0.2) is 10.8 Å². The zero-order chi connectivity index (χ0) is 21.6. The van der Waals surface area contributed by atoms with E-state index in [2.05, 4.69) is 10.6 Å². The lowest BCUT2D eigenvalue weighted by Gasteiger charge is -2.56. The van der Waals surface area contributed by atoms with Crippen molar-refractivity contribution in [3.8, 4) is 5.75 Å². The third-order valence-electron chi connectivity index (χ3n) is 6.02. The Morgan fingerprint density at radius 2 is 1.71 bits per heavy atom. The van der Waals surface area contributed by atoms with E-state index in [1.807, 2.05) is 97.6 Å². The van der Waals surface area contributed by atoms with Crippen molar-refractivity contribution in [2.24, 2.45) is 5.92 Å². The standard InChI is InChI=1S/C25H23N3O2S/c1-16-12-14-18(15-13-16)28-24(31)27-22-19-10-6-7-11-20(19)30-25(28,2)21(22)23(29)26-17-8-4-3-5-9-17/h3-15,21-22H,1-2H3,(H,26,29)(H,27,31)/t21-,22-,25-/m0/s1. The number of ether oxygens (including phenoxy) is 1. The van der Waals surface area contributed by atoms with Crippen LogP contribution in [0.3, 0.4) is 0 Å². The van der Waals surface area contributed by atoms with Crippen LogP contribution in [0.5, 0.6) is 5.75 Å². The van der Waals surface area contributed by atoms with E-state index in [0.717, 1.165) is 28.3 Å². The highest BCUT2D eigenvalue weighted by Gasteiger charge is 2.59. The van der Waals surface area contributed by atoms with Gasteiger partial charge >= 0.3 is 0 Å². The molecule has 2 heterocycles. The van der Waals surface area contributed by atoms with Gasteiger partial charge in [0.2, 0.25) is 5.91 Å². The highest BCUT2D eigenvalue weighted by Crippen LogP contribution is 2.49. The van der Waals surface area contributed by atoms with Crippen LogP contribution in [-0.4, -0.2) is 16.7 Å². The van der Waals surface area contributed by atoms with Crippen molar-refractivity contribution in [1.29, 1.82) is 0 Å². The Morgan fingerprint density at radius 3 is 2.45 bits per heavy atom. The number of para-hydroxylation sites is 2. The van der Waals surface area contributed by atoms with Crippen LogP contribution in [-0.2, 0) is 4.79 Å². The molecule has 0 radical (unpaired) electrons. The summed E-state index contributed by atoms with van der Waals surface area (Å²) in [5.74, 6) is 0.0850. The number of thiocarbonyl (C=S) groups is 1.